The van der Waals surface area contributed by atoms with Gasteiger partial charge in [0, 0.05) is 10.5 Å². The van der Waals surface area contributed by atoms with Gasteiger partial charge in [0.25, 0.3) is 0 Å². The third kappa shape index (κ3) is 1.63. The Morgan fingerprint density at radius 3 is 3.00 bits per heavy atom. The molecule has 0 unspecified atom stereocenters. The Balaban J connectivity index is 2.56. The number of halogens is 2. The smallest absolute Gasteiger partial charge is 0.124 e. The molecule has 2 N–H and O–H groups in total. The molecule has 0 saturated carbocycles. The van der Waals surface area contributed by atoms with Gasteiger partial charge in [-0.2, -0.15) is 0 Å². The van der Waals surface area contributed by atoms with E-state index in [0.29, 0.717) is 0 Å². The van der Waals surface area contributed by atoms with E-state index in [1.807, 2.05) is 0 Å². The molecule has 1 aliphatic carbocycles. The van der Waals surface area contributed by atoms with Gasteiger partial charge < -0.3 is 5.73 Å². The van der Waals surface area contributed by atoms with Crippen molar-refractivity contribution in [2.24, 2.45) is 5.73 Å². The van der Waals surface area contributed by atoms with Gasteiger partial charge in [0.2, 0.25) is 0 Å². The Hall–Kier alpha value is -0.410. The molecule has 0 heterocycles. The van der Waals surface area contributed by atoms with Crippen LogP contribution in [-0.2, 0) is 6.42 Å². The number of hydrogen-bond donors (Lipinski definition) is 1. The molecule has 0 aliphatic heterocycles. The van der Waals surface area contributed by atoms with E-state index in [1.54, 1.807) is 6.07 Å². The zero-order valence-corrected chi connectivity index (χ0v) is 8.77. The maximum Gasteiger partial charge on any atom is 0.124 e. The molecule has 1 atom stereocenters. The van der Waals surface area contributed by atoms with E-state index in [1.165, 1.54) is 11.6 Å². The second-order valence-corrected chi connectivity index (χ2v) is 4.31. The lowest BCUT2D eigenvalue weighted by atomic mass is 9.88. The van der Waals surface area contributed by atoms with Crippen molar-refractivity contribution >= 4 is 15.9 Å². The number of benzene rings is 1. The molecular weight excluding hydrogens is 233 g/mol. The summed E-state index contributed by atoms with van der Waals surface area (Å²) in [5, 5.41) is 0. The molecule has 13 heavy (non-hydrogen) atoms. The van der Waals surface area contributed by atoms with E-state index in [0.717, 1.165) is 29.3 Å². The minimum atomic E-state index is -0.206. The molecule has 3 heteroatoms. The topological polar surface area (TPSA) is 26.0 Å². The van der Waals surface area contributed by atoms with Crippen LogP contribution in [0.25, 0.3) is 0 Å². The maximum atomic E-state index is 13.0. The standard InChI is InChI=1S/C10H11BrFN/c11-9-5-6(12)4-8-7(9)2-1-3-10(8)13/h4-5,10H,1-3,13H2/t10-/m0/s1. The number of hydrogen-bond acceptors (Lipinski definition) is 1. The van der Waals surface area contributed by atoms with E-state index in [4.69, 9.17) is 5.73 Å². The summed E-state index contributed by atoms with van der Waals surface area (Å²) >= 11 is 3.36. The fraction of sp³-hybridized carbons (Fsp3) is 0.400. The van der Waals surface area contributed by atoms with Crippen LogP contribution in [0, 0.1) is 5.82 Å². The van der Waals surface area contributed by atoms with Crippen molar-refractivity contribution in [2.75, 3.05) is 0 Å². The summed E-state index contributed by atoms with van der Waals surface area (Å²) in [7, 11) is 0. The minimum Gasteiger partial charge on any atom is -0.324 e. The highest BCUT2D eigenvalue weighted by Gasteiger charge is 2.19. The number of fused-ring (bicyclic) bond motifs is 1. The fourth-order valence-electron chi connectivity index (χ4n) is 1.87. The summed E-state index contributed by atoms with van der Waals surface area (Å²) in [6, 6.07) is 3.08. The highest BCUT2D eigenvalue weighted by molar-refractivity contribution is 9.10. The van der Waals surface area contributed by atoms with Crippen LogP contribution in [0.3, 0.4) is 0 Å². The Bertz CT molecular complexity index is 338. The minimum absolute atomic E-state index is 0.00995. The van der Waals surface area contributed by atoms with Gasteiger partial charge in [-0.15, -0.1) is 0 Å². The average Bonchev–Trinajstić information content (AvgIpc) is 2.07. The van der Waals surface area contributed by atoms with Crippen LogP contribution in [0.15, 0.2) is 16.6 Å². The van der Waals surface area contributed by atoms with Gasteiger partial charge >= 0.3 is 0 Å². The third-order valence-corrected chi connectivity index (χ3v) is 3.24. The van der Waals surface area contributed by atoms with Crippen molar-refractivity contribution in [1.29, 1.82) is 0 Å². The quantitative estimate of drug-likeness (QED) is 0.746. The Morgan fingerprint density at radius 2 is 2.23 bits per heavy atom. The highest BCUT2D eigenvalue weighted by Crippen LogP contribution is 2.33. The molecule has 0 fully saturated rings. The van der Waals surface area contributed by atoms with Crippen LogP contribution in [0.5, 0.6) is 0 Å². The molecule has 0 aromatic heterocycles. The lowest BCUT2D eigenvalue weighted by Gasteiger charge is -2.23. The molecule has 1 aromatic carbocycles. The second-order valence-electron chi connectivity index (χ2n) is 3.45. The van der Waals surface area contributed by atoms with Crippen LogP contribution in [-0.4, -0.2) is 0 Å². The summed E-state index contributed by atoms with van der Waals surface area (Å²) in [6.45, 7) is 0. The first-order valence-corrected chi connectivity index (χ1v) is 5.21. The van der Waals surface area contributed by atoms with Gasteiger partial charge in [-0.3, -0.25) is 0 Å². The number of rotatable bonds is 0. The van der Waals surface area contributed by atoms with Crippen LogP contribution < -0.4 is 5.73 Å². The van der Waals surface area contributed by atoms with E-state index in [2.05, 4.69) is 15.9 Å². The Labute approximate surface area is 85.3 Å². The first kappa shape index (κ1) is 9.16. The van der Waals surface area contributed by atoms with Crippen molar-refractivity contribution < 1.29 is 4.39 Å². The van der Waals surface area contributed by atoms with E-state index < -0.39 is 0 Å². The van der Waals surface area contributed by atoms with E-state index >= 15 is 0 Å². The van der Waals surface area contributed by atoms with Crippen molar-refractivity contribution in [3.63, 3.8) is 0 Å². The van der Waals surface area contributed by atoms with Crippen molar-refractivity contribution in [1.82, 2.24) is 0 Å². The monoisotopic (exact) mass is 243 g/mol. The lowest BCUT2D eigenvalue weighted by Crippen LogP contribution is -2.18. The van der Waals surface area contributed by atoms with Gasteiger partial charge in [0.1, 0.15) is 5.82 Å². The number of nitrogens with two attached hydrogens (primary N) is 1. The summed E-state index contributed by atoms with van der Waals surface area (Å²) in [5.74, 6) is -0.206. The molecule has 0 saturated heterocycles. The average molecular weight is 244 g/mol. The lowest BCUT2D eigenvalue weighted by molar-refractivity contribution is 0.555. The molecule has 0 radical (unpaired) electrons. The summed E-state index contributed by atoms with van der Waals surface area (Å²) in [6.07, 6.45) is 3.06. The van der Waals surface area contributed by atoms with Gasteiger partial charge in [0.15, 0.2) is 0 Å². The SMILES string of the molecule is N[C@H]1CCCc2c(Br)cc(F)cc21. The van der Waals surface area contributed by atoms with Crippen molar-refractivity contribution in [3.05, 3.63) is 33.5 Å². The molecule has 1 aliphatic rings. The first-order valence-electron chi connectivity index (χ1n) is 4.42. The summed E-state index contributed by atoms with van der Waals surface area (Å²) < 4.78 is 13.9. The van der Waals surface area contributed by atoms with Crippen LogP contribution in [0.1, 0.15) is 30.0 Å². The van der Waals surface area contributed by atoms with E-state index in [9.17, 15) is 4.39 Å². The zero-order chi connectivity index (χ0) is 9.42. The third-order valence-electron chi connectivity index (χ3n) is 2.54. The van der Waals surface area contributed by atoms with Gasteiger partial charge in [-0.1, -0.05) is 15.9 Å². The predicted molar refractivity (Wildman–Crippen MR) is 54.0 cm³/mol. The normalized spacial score (nSPS) is 21.3. The van der Waals surface area contributed by atoms with Crippen LogP contribution in [0.4, 0.5) is 4.39 Å². The van der Waals surface area contributed by atoms with Crippen LogP contribution >= 0.6 is 15.9 Å². The largest absolute Gasteiger partial charge is 0.324 e. The molecule has 0 amide bonds. The molecule has 1 nitrogen and oxygen atoms in total. The predicted octanol–water partition coefficient (Wildman–Crippen LogP) is 2.92. The van der Waals surface area contributed by atoms with Gasteiger partial charge in [-0.05, 0) is 42.5 Å². The molecule has 2 rings (SSSR count). The molecule has 0 bridgehead atoms. The van der Waals surface area contributed by atoms with Gasteiger partial charge in [0.05, 0.1) is 0 Å². The first-order chi connectivity index (χ1) is 6.18. The Kier molecular flexibility index (Phi) is 2.39. The maximum absolute atomic E-state index is 13.0. The van der Waals surface area contributed by atoms with Gasteiger partial charge in [-0.25, -0.2) is 4.39 Å². The molecular formula is C10H11BrFN. The van der Waals surface area contributed by atoms with Crippen molar-refractivity contribution in [3.8, 4) is 0 Å². The fourth-order valence-corrected chi connectivity index (χ4v) is 2.52. The Morgan fingerprint density at radius 1 is 1.46 bits per heavy atom. The highest BCUT2D eigenvalue weighted by atomic mass is 79.9. The molecule has 70 valence electrons. The van der Waals surface area contributed by atoms with Crippen molar-refractivity contribution in [2.45, 2.75) is 25.3 Å². The van der Waals surface area contributed by atoms with E-state index in [-0.39, 0.29) is 11.9 Å². The van der Waals surface area contributed by atoms with Crippen LogP contribution in [0.2, 0.25) is 0 Å². The summed E-state index contributed by atoms with van der Waals surface area (Å²) in [5.41, 5.74) is 8.05. The molecule has 0 spiro atoms. The second kappa shape index (κ2) is 3.39. The zero-order valence-electron chi connectivity index (χ0n) is 7.19. The molecule has 1 aromatic rings. The summed E-state index contributed by atoms with van der Waals surface area (Å²) in [4.78, 5) is 0.